The number of nitrogens with zero attached hydrogens (tertiary/aromatic N) is 1. The van der Waals surface area contributed by atoms with Crippen LogP contribution in [0.3, 0.4) is 0 Å². The summed E-state index contributed by atoms with van der Waals surface area (Å²) in [6, 6.07) is 13.2. The average molecular weight is 329 g/mol. The van der Waals surface area contributed by atoms with Crippen molar-refractivity contribution in [1.29, 1.82) is 0 Å². The van der Waals surface area contributed by atoms with Crippen LogP contribution in [0.1, 0.15) is 0 Å². The van der Waals surface area contributed by atoms with Crippen molar-refractivity contribution in [1.82, 2.24) is 9.97 Å². The van der Waals surface area contributed by atoms with Crippen molar-refractivity contribution in [2.24, 2.45) is 0 Å². The van der Waals surface area contributed by atoms with E-state index in [1.54, 1.807) is 48.8 Å². The van der Waals surface area contributed by atoms with Crippen LogP contribution < -0.4 is 9.46 Å². The van der Waals surface area contributed by atoms with Gasteiger partial charge < -0.3 is 9.72 Å². The summed E-state index contributed by atoms with van der Waals surface area (Å²) in [5.74, 6) is 1.33. The van der Waals surface area contributed by atoms with E-state index in [4.69, 9.17) is 4.74 Å². The molecule has 6 nitrogen and oxygen atoms in total. The summed E-state index contributed by atoms with van der Waals surface area (Å²) in [5, 5.41) is 0. The van der Waals surface area contributed by atoms with Crippen molar-refractivity contribution in [3.8, 4) is 17.1 Å². The number of nitrogens with one attached hydrogen (secondary N) is 2. The summed E-state index contributed by atoms with van der Waals surface area (Å²) in [6.07, 6.45) is 3.39. The van der Waals surface area contributed by atoms with Gasteiger partial charge in [-0.05, 0) is 48.5 Å². The van der Waals surface area contributed by atoms with Crippen LogP contribution in [0.5, 0.6) is 5.75 Å². The molecule has 0 fully saturated rings. The normalized spacial score (nSPS) is 11.2. The third kappa shape index (κ3) is 3.35. The van der Waals surface area contributed by atoms with Gasteiger partial charge in [0.2, 0.25) is 0 Å². The van der Waals surface area contributed by atoms with Crippen molar-refractivity contribution in [2.75, 3.05) is 11.8 Å². The predicted molar refractivity (Wildman–Crippen MR) is 87.8 cm³/mol. The number of benzene rings is 2. The molecule has 1 heterocycles. The number of rotatable bonds is 5. The number of sulfonamides is 1. The highest BCUT2D eigenvalue weighted by Gasteiger charge is 2.14. The fraction of sp³-hybridized carbons (Fsp3) is 0.0625. The van der Waals surface area contributed by atoms with Gasteiger partial charge in [0.25, 0.3) is 10.0 Å². The van der Waals surface area contributed by atoms with E-state index in [9.17, 15) is 8.42 Å². The molecule has 2 aromatic carbocycles. The van der Waals surface area contributed by atoms with Crippen molar-refractivity contribution in [2.45, 2.75) is 4.90 Å². The average Bonchev–Trinajstić information content (AvgIpc) is 3.10. The molecule has 1 aromatic heterocycles. The lowest BCUT2D eigenvalue weighted by Crippen LogP contribution is -2.12. The molecule has 0 bridgehead atoms. The van der Waals surface area contributed by atoms with Crippen molar-refractivity contribution in [3.63, 3.8) is 0 Å². The summed E-state index contributed by atoms with van der Waals surface area (Å²) >= 11 is 0. The van der Waals surface area contributed by atoms with Gasteiger partial charge in [-0.3, -0.25) is 4.72 Å². The molecule has 0 spiro atoms. The van der Waals surface area contributed by atoms with E-state index in [0.717, 1.165) is 11.4 Å². The zero-order valence-corrected chi connectivity index (χ0v) is 13.2. The first-order chi connectivity index (χ1) is 11.1. The van der Waals surface area contributed by atoms with Crippen molar-refractivity contribution >= 4 is 15.7 Å². The molecule has 0 aliphatic carbocycles. The largest absolute Gasteiger partial charge is 0.497 e. The standard InChI is InChI=1S/C16H15N3O3S/c1-22-14-6-8-15(9-7-14)23(20,21)19-13-4-2-12(3-5-13)16-17-10-11-18-16/h2-11,19H,1H3,(H,17,18). The number of aromatic amines is 1. The van der Waals surface area contributed by atoms with E-state index in [2.05, 4.69) is 14.7 Å². The number of imidazole rings is 1. The molecular weight excluding hydrogens is 314 g/mol. The topological polar surface area (TPSA) is 84.1 Å². The van der Waals surface area contributed by atoms with Gasteiger partial charge in [-0.15, -0.1) is 0 Å². The molecule has 0 atom stereocenters. The van der Waals surface area contributed by atoms with Gasteiger partial charge in [0.15, 0.2) is 0 Å². The molecule has 3 rings (SSSR count). The number of hydrogen-bond donors (Lipinski definition) is 2. The molecule has 0 amide bonds. The first-order valence-electron chi connectivity index (χ1n) is 6.85. The molecule has 23 heavy (non-hydrogen) atoms. The first kappa shape index (κ1) is 15.1. The molecule has 0 saturated heterocycles. The Morgan fingerprint density at radius 1 is 1.04 bits per heavy atom. The van der Waals surface area contributed by atoms with Crippen LogP contribution in [0.15, 0.2) is 65.8 Å². The zero-order valence-electron chi connectivity index (χ0n) is 12.4. The van der Waals surface area contributed by atoms with Crippen LogP contribution in [0.4, 0.5) is 5.69 Å². The first-order valence-corrected chi connectivity index (χ1v) is 8.33. The summed E-state index contributed by atoms with van der Waals surface area (Å²) in [4.78, 5) is 7.32. The number of methoxy groups -OCH3 is 1. The van der Waals surface area contributed by atoms with Gasteiger partial charge in [0, 0.05) is 23.6 Å². The SMILES string of the molecule is COc1ccc(S(=O)(=O)Nc2ccc(-c3ncc[nH]3)cc2)cc1. The van der Waals surface area contributed by atoms with Crippen molar-refractivity contribution in [3.05, 3.63) is 60.9 Å². The molecule has 118 valence electrons. The van der Waals surface area contributed by atoms with Crippen LogP contribution >= 0.6 is 0 Å². The Morgan fingerprint density at radius 2 is 1.74 bits per heavy atom. The van der Waals surface area contributed by atoms with Gasteiger partial charge in [0.1, 0.15) is 11.6 Å². The van der Waals surface area contributed by atoms with E-state index in [-0.39, 0.29) is 4.90 Å². The second-order valence-corrected chi connectivity index (χ2v) is 6.48. The maximum Gasteiger partial charge on any atom is 0.261 e. The maximum atomic E-state index is 12.3. The summed E-state index contributed by atoms with van der Waals surface area (Å²) in [6.45, 7) is 0. The fourth-order valence-electron chi connectivity index (χ4n) is 2.09. The maximum absolute atomic E-state index is 12.3. The number of H-pyrrole nitrogens is 1. The van der Waals surface area contributed by atoms with E-state index in [1.165, 1.54) is 19.2 Å². The molecule has 2 N–H and O–H groups in total. The Hall–Kier alpha value is -2.80. The minimum atomic E-state index is -3.63. The van der Waals surface area contributed by atoms with Gasteiger partial charge >= 0.3 is 0 Å². The van der Waals surface area contributed by atoms with Gasteiger partial charge in [-0.25, -0.2) is 13.4 Å². The number of aromatic nitrogens is 2. The lowest BCUT2D eigenvalue weighted by Gasteiger charge is -2.09. The highest BCUT2D eigenvalue weighted by molar-refractivity contribution is 7.92. The number of hydrogen-bond acceptors (Lipinski definition) is 4. The third-order valence-electron chi connectivity index (χ3n) is 3.28. The summed E-state index contributed by atoms with van der Waals surface area (Å²) in [5.41, 5.74) is 1.36. The summed E-state index contributed by atoms with van der Waals surface area (Å²) < 4.78 is 32.3. The lowest BCUT2D eigenvalue weighted by molar-refractivity contribution is 0.414. The smallest absolute Gasteiger partial charge is 0.261 e. The Balaban J connectivity index is 1.79. The molecule has 0 aliphatic heterocycles. The molecule has 7 heteroatoms. The fourth-order valence-corrected chi connectivity index (χ4v) is 3.15. The Morgan fingerprint density at radius 3 is 2.30 bits per heavy atom. The highest BCUT2D eigenvalue weighted by Crippen LogP contribution is 2.21. The van der Waals surface area contributed by atoms with E-state index < -0.39 is 10.0 Å². The minimum absolute atomic E-state index is 0.174. The molecule has 0 radical (unpaired) electrons. The van der Waals surface area contributed by atoms with Crippen LogP contribution in [0.25, 0.3) is 11.4 Å². The second kappa shape index (κ2) is 6.13. The minimum Gasteiger partial charge on any atom is -0.497 e. The molecular formula is C16H15N3O3S. The second-order valence-electron chi connectivity index (χ2n) is 4.80. The molecule has 0 unspecified atom stereocenters. The van der Waals surface area contributed by atoms with Crippen LogP contribution in [0, 0.1) is 0 Å². The van der Waals surface area contributed by atoms with Gasteiger partial charge in [0.05, 0.1) is 12.0 Å². The lowest BCUT2D eigenvalue weighted by atomic mass is 10.2. The monoisotopic (exact) mass is 329 g/mol. The molecule has 3 aromatic rings. The van der Waals surface area contributed by atoms with E-state index in [1.807, 2.05) is 0 Å². The molecule has 0 aliphatic rings. The van der Waals surface area contributed by atoms with Crippen LogP contribution in [-0.4, -0.2) is 25.5 Å². The molecule has 0 saturated carbocycles. The van der Waals surface area contributed by atoms with Gasteiger partial charge in [-0.2, -0.15) is 0 Å². The van der Waals surface area contributed by atoms with E-state index >= 15 is 0 Å². The van der Waals surface area contributed by atoms with Crippen LogP contribution in [0.2, 0.25) is 0 Å². The van der Waals surface area contributed by atoms with Crippen molar-refractivity contribution < 1.29 is 13.2 Å². The van der Waals surface area contributed by atoms with E-state index in [0.29, 0.717) is 11.4 Å². The number of anilines is 1. The zero-order chi connectivity index (χ0) is 16.3. The third-order valence-corrected chi connectivity index (χ3v) is 4.68. The Labute approximate surface area is 134 Å². The quantitative estimate of drug-likeness (QED) is 0.754. The predicted octanol–water partition coefficient (Wildman–Crippen LogP) is 2.89. The van der Waals surface area contributed by atoms with Crippen LogP contribution in [-0.2, 0) is 10.0 Å². The Bertz CT molecular complexity index is 871. The highest BCUT2D eigenvalue weighted by atomic mass is 32.2. The Kier molecular flexibility index (Phi) is 4.03. The number of ether oxygens (including phenoxy) is 1. The van der Waals surface area contributed by atoms with Gasteiger partial charge in [-0.1, -0.05) is 0 Å². The summed E-state index contributed by atoms with van der Waals surface area (Å²) in [7, 11) is -2.10.